The number of nitrogens with one attached hydrogen (secondary N) is 1. The zero-order chi connectivity index (χ0) is 17.0. The van der Waals surface area contributed by atoms with Crippen molar-refractivity contribution >= 4 is 15.8 Å². The first-order chi connectivity index (χ1) is 11.5. The number of nitrogens with zero attached hydrogens (tertiary/aromatic N) is 2. The molecule has 24 heavy (non-hydrogen) atoms. The Labute approximate surface area is 139 Å². The number of aromatic nitrogens is 2. The fraction of sp³-hybridized carbons (Fsp3) is 0.125. The quantitative estimate of drug-likeness (QED) is 0.738. The van der Waals surface area contributed by atoms with E-state index >= 15 is 0 Å². The van der Waals surface area contributed by atoms with E-state index in [4.69, 9.17) is 9.15 Å². The number of rotatable bonds is 6. The summed E-state index contributed by atoms with van der Waals surface area (Å²) in [6.07, 6.45) is 4.32. The van der Waals surface area contributed by atoms with Crippen LogP contribution in [0, 0.1) is 6.92 Å². The Morgan fingerprint density at radius 1 is 1.12 bits per heavy atom. The lowest BCUT2D eigenvalue weighted by atomic mass is 10.2. The molecule has 0 atom stereocenters. The van der Waals surface area contributed by atoms with Crippen LogP contribution < -0.4 is 9.46 Å². The molecule has 0 aliphatic heterocycles. The van der Waals surface area contributed by atoms with E-state index in [0.29, 0.717) is 5.76 Å². The standard InChI is InChI=1S/C16H15N3O4S/c1-12-4-6-14(7-5-12)24(20,21)19-15-16(18-9-8-17-15)23-11-13-3-2-10-22-13/h2-10H,11H2,1H3,(H,17,19). The van der Waals surface area contributed by atoms with Gasteiger partial charge < -0.3 is 9.15 Å². The molecule has 2 heterocycles. The molecule has 124 valence electrons. The fourth-order valence-electron chi connectivity index (χ4n) is 1.94. The second kappa shape index (κ2) is 6.71. The monoisotopic (exact) mass is 345 g/mol. The second-order valence-corrected chi connectivity index (χ2v) is 6.68. The van der Waals surface area contributed by atoms with Gasteiger partial charge in [0.25, 0.3) is 15.9 Å². The van der Waals surface area contributed by atoms with Gasteiger partial charge in [0.1, 0.15) is 12.4 Å². The predicted octanol–water partition coefficient (Wildman–Crippen LogP) is 2.76. The maximum absolute atomic E-state index is 12.4. The molecule has 0 aliphatic carbocycles. The van der Waals surface area contributed by atoms with Crippen LogP contribution in [0.15, 0.2) is 64.4 Å². The first-order valence-corrected chi connectivity index (χ1v) is 8.58. The normalized spacial score (nSPS) is 11.2. The molecule has 0 unspecified atom stereocenters. The molecule has 0 radical (unpaired) electrons. The third-order valence-electron chi connectivity index (χ3n) is 3.16. The molecule has 3 aromatic rings. The lowest BCUT2D eigenvalue weighted by molar-refractivity contribution is 0.261. The number of hydrogen-bond donors (Lipinski definition) is 1. The van der Waals surface area contributed by atoms with Crippen molar-refractivity contribution in [1.29, 1.82) is 0 Å². The number of furan rings is 1. The van der Waals surface area contributed by atoms with Crippen LogP contribution in [-0.4, -0.2) is 18.4 Å². The molecule has 0 spiro atoms. The Morgan fingerprint density at radius 3 is 2.58 bits per heavy atom. The molecule has 1 aromatic carbocycles. The van der Waals surface area contributed by atoms with Gasteiger partial charge in [-0.2, -0.15) is 0 Å². The maximum atomic E-state index is 12.4. The van der Waals surface area contributed by atoms with E-state index in [0.717, 1.165) is 5.56 Å². The minimum Gasteiger partial charge on any atom is -0.467 e. The highest BCUT2D eigenvalue weighted by atomic mass is 32.2. The van der Waals surface area contributed by atoms with Crippen LogP contribution in [0.2, 0.25) is 0 Å². The molecule has 0 saturated carbocycles. The van der Waals surface area contributed by atoms with Crippen molar-refractivity contribution in [3.05, 3.63) is 66.4 Å². The molecule has 0 fully saturated rings. The minimum atomic E-state index is -3.78. The molecular weight excluding hydrogens is 330 g/mol. The van der Waals surface area contributed by atoms with Gasteiger partial charge in [0.2, 0.25) is 5.82 Å². The first-order valence-electron chi connectivity index (χ1n) is 7.10. The van der Waals surface area contributed by atoms with Crippen LogP contribution in [-0.2, 0) is 16.6 Å². The Hall–Kier alpha value is -2.87. The molecule has 0 aliphatic rings. The lowest BCUT2D eigenvalue weighted by Gasteiger charge is -2.11. The van der Waals surface area contributed by atoms with E-state index in [2.05, 4.69) is 14.7 Å². The van der Waals surface area contributed by atoms with Gasteiger partial charge in [-0.05, 0) is 31.2 Å². The molecular formula is C16H15N3O4S. The van der Waals surface area contributed by atoms with Crippen LogP contribution in [0.25, 0.3) is 0 Å². The molecule has 8 heteroatoms. The smallest absolute Gasteiger partial charge is 0.263 e. The van der Waals surface area contributed by atoms with E-state index in [9.17, 15) is 8.42 Å². The average Bonchev–Trinajstić information content (AvgIpc) is 3.07. The third kappa shape index (κ3) is 3.72. The van der Waals surface area contributed by atoms with Crippen molar-refractivity contribution < 1.29 is 17.6 Å². The largest absolute Gasteiger partial charge is 0.467 e. The Bertz CT molecular complexity index is 907. The SMILES string of the molecule is Cc1ccc(S(=O)(=O)Nc2nccnc2OCc2ccco2)cc1. The molecule has 0 saturated heterocycles. The highest BCUT2D eigenvalue weighted by Gasteiger charge is 2.18. The predicted molar refractivity (Wildman–Crippen MR) is 87.1 cm³/mol. The summed E-state index contributed by atoms with van der Waals surface area (Å²) in [5.74, 6) is 0.683. The number of hydrogen-bond acceptors (Lipinski definition) is 6. The van der Waals surface area contributed by atoms with E-state index in [1.54, 1.807) is 24.3 Å². The Balaban J connectivity index is 1.80. The minimum absolute atomic E-state index is 0.0182. The van der Waals surface area contributed by atoms with Crippen molar-refractivity contribution in [3.63, 3.8) is 0 Å². The highest BCUT2D eigenvalue weighted by molar-refractivity contribution is 7.92. The lowest BCUT2D eigenvalue weighted by Crippen LogP contribution is -2.15. The van der Waals surface area contributed by atoms with Crippen LogP contribution in [0.4, 0.5) is 5.82 Å². The van der Waals surface area contributed by atoms with Crippen molar-refractivity contribution in [3.8, 4) is 5.88 Å². The Morgan fingerprint density at radius 2 is 1.88 bits per heavy atom. The van der Waals surface area contributed by atoms with Crippen molar-refractivity contribution in [2.24, 2.45) is 0 Å². The number of benzene rings is 1. The number of aryl methyl sites for hydroxylation is 1. The number of sulfonamides is 1. The van der Waals surface area contributed by atoms with E-state index in [1.807, 2.05) is 6.92 Å². The van der Waals surface area contributed by atoms with Crippen LogP contribution in [0.3, 0.4) is 0 Å². The molecule has 0 bridgehead atoms. The Kier molecular flexibility index (Phi) is 4.48. The van der Waals surface area contributed by atoms with Gasteiger partial charge in [-0.15, -0.1) is 0 Å². The average molecular weight is 345 g/mol. The van der Waals surface area contributed by atoms with Gasteiger partial charge in [0.05, 0.1) is 11.2 Å². The zero-order valence-electron chi connectivity index (χ0n) is 12.8. The van der Waals surface area contributed by atoms with Crippen molar-refractivity contribution in [2.75, 3.05) is 4.72 Å². The first kappa shape index (κ1) is 16.0. The number of anilines is 1. The van der Waals surface area contributed by atoms with Crippen molar-refractivity contribution in [2.45, 2.75) is 18.4 Å². The highest BCUT2D eigenvalue weighted by Crippen LogP contribution is 2.22. The van der Waals surface area contributed by atoms with Crippen LogP contribution in [0.5, 0.6) is 5.88 Å². The van der Waals surface area contributed by atoms with Crippen LogP contribution in [0.1, 0.15) is 11.3 Å². The summed E-state index contributed by atoms with van der Waals surface area (Å²) in [7, 11) is -3.78. The van der Waals surface area contributed by atoms with E-state index in [-0.39, 0.29) is 23.2 Å². The second-order valence-electron chi connectivity index (χ2n) is 5.00. The van der Waals surface area contributed by atoms with Gasteiger partial charge >= 0.3 is 0 Å². The fourth-order valence-corrected chi connectivity index (χ4v) is 2.95. The van der Waals surface area contributed by atoms with E-state index in [1.165, 1.54) is 30.8 Å². The molecule has 0 amide bonds. The summed E-state index contributed by atoms with van der Waals surface area (Å²) < 4.78 is 37.9. The summed E-state index contributed by atoms with van der Waals surface area (Å²) in [5, 5.41) is 0. The van der Waals surface area contributed by atoms with Gasteiger partial charge in [0, 0.05) is 12.4 Å². The number of ether oxygens (including phenoxy) is 1. The zero-order valence-corrected chi connectivity index (χ0v) is 13.7. The van der Waals surface area contributed by atoms with Gasteiger partial charge in [0.15, 0.2) is 0 Å². The van der Waals surface area contributed by atoms with Crippen LogP contribution >= 0.6 is 0 Å². The third-order valence-corrected chi connectivity index (χ3v) is 4.51. The van der Waals surface area contributed by atoms with Gasteiger partial charge in [-0.3, -0.25) is 4.72 Å². The summed E-state index contributed by atoms with van der Waals surface area (Å²) in [4.78, 5) is 8.15. The molecule has 7 nitrogen and oxygen atoms in total. The molecule has 3 rings (SSSR count). The summed E-state index contributed by atoms with van der Waals surface area (Å²) in [6.45, 7) is 2.00. The maximum Gasteiger partial charge on any atom is 0.263 e. The van der Waals surface area contributed by atoms with E-state index < -0.39 is 10.0 Å². The van der Waals surface area contributed by atoms with Gasteiger partial charge in [-0.25, -0.2) is 18.4 Å². The molecule has 2 aromatic heterocycles. The summed E-state index contributed by atoms with van der Waals surface area (Å²) >= 11 is 0. The topological polar surface area (TPSA) is 94.3 Å². The van der Waals surface area contributed by atoms with Crippen molar-refractivity contribution in [1.82, 2.24) is 9.97 Å². The summed E-state index contributed by atoms with van der Waals surface area (Å²) in [6, 6.07) is 9.97. The van der Waals surface area contributed by atoms with Gasteiger partial charge in [-0.1, -0.05) is 17.7 Å². The summed E-state index contributed by atoms with van der Waals surface area (Å²) in [5.41, 5.74) is 0.968. The molecule has 1 N–H and O–H groups in total.